The molecule has 0 aliphatic carbocycles. The first-order valence-corrected chi connectivity index (χ1v) is 21.3. The van der Waals surface area contributed by atoms with Gasteiger partial charge in [-0.1, -0.05) is 146 Å². The Labute approximate surface area is 347 Å². The van der Waals surface area contributed by atoms with Crippen molar-refractivity contribution < 1.29 is 0 Å². The molecule has 0 atom stereocenters. The minimum Gasteiger partial charge on any atom is -0.278 e. The Morgan fingerprint density at radius 2 is 0.950 bits per heavy atom. The Bertz CT molecular complexity index is 4120. The number of hydrogen-bond donors (Lipinski definition) is 0. The quantitative estimate of drug-likeness (QED) is 0.132. The van der Waals surface area contributed by atoms with Crippen LogP contribution in [-0.4, -0.2) is 14.5 Å². The van der Waals surface area contributed by atoms with Crippen LogP contribution in [0.5, 0.6) is 0 Å². The van der Waals surface area contributed by atoms with Crippen molar-refractivity contribution in [2.45, 2.75) is 0 Å². The zero-order valence-electron chi connectivity index (χ0n) is 32.1. The summed E-state index contributed by atoms with van der Waals surface area (Å²) >= 11 is 1.89. The smallest absolute Gasteiger partial charge is 0.235 e. The summed E-state index contributed by atoms with van der Waals surface area (Å²) in [5.41, 5.74) is 7.52. The molecule has 11 aromatic carbocycles. The van der Waals surface area contributed by atoms with Gasteiger partial charge >= 0.3 is 0 Å². The van der Waals surface area contributed by atoms with Crippen molar-refractivity contribution in [2.75, 3.05) is 0 Å². The molecule has 14 aromatic rings. The summed E-state index contributed by atoms with van der Waals surface area (Å²) in [6.07, 6.45) is 0. The molecule has 0 saturated heterocycles. The number of nitrogens with zero attached hydrogens (tertiary/aromatic N) is 3. The van der Waals surface area contributed by atoms with E-state index >= 15 is 0 Å². The Balaban J connectivity index is 1.08. The molecule has 0 fully saturated rings. The number of benzene rings is 11. The van der Waals surface area contributed by atoms with Crippen molar-refractivity contribution in [3.63, 3.8) is 0 Å². The van der Waals surface area contributed by atoms with Crippen LogP contribution in [0.1, 0.15) is 0 Å². The second-order valence-corrected chi connectivity index (χ2v) is 17.1. The minimum absolute atomic E-state index is 0.665. The van der Waals surface area contributed by atoms with Gasteiger partial charge in [0, 0.05) is 41.9 Å². The molecule has 0 bridgehead atoms. The number of thiophene rings is 1. The lowest BCUT2D eigenvalue weighted by Crippen LogP contribution is -2.03. The number of aromatic nitrogens is 3. The van der Waals surface area contributed by atoms with E-state index in [1.54, 1.807) is 0 Å². The minimum atomic E-state index is 0.665. The summed E-state index contributed by atoms with van der Waals surface area (Å²) in [6.45, 7) is 0. The maximum absolute atomic E-state index is 5.55. The third kappa shape index (κ3) is 4.38. The highest BCUT2D eigenvalue weighted by molar-refractivity contribution is 7.26. The third-order valence-electron chi connectivity index (χ3n) is 12.9. The van der Waals surface area contributed by atoms with E-state index < -0.39 is 0 Å². The molecular weight excluding hydrogens is 747 g/mol. The number of para-hydroxylation sites is 2. The van der Waals surface area contributed by atoms with E-state index in [1.165, 1.54) is 95.9 Å². The first kappa shape index (κ1) is 32.3. The van der Waals surface area contributed by atoms with E-state index in [2.05, 4.69) is 193 Å². The summed E-state index contributed by atoms with van der Waals surface area (Å²) in [5.74, 6) is 0.665. The highest BCUT2D eigenvalue weighted by Gasteiger charge is 2.23. The first-order chi connectivity index (χ1) is 29.7. The van der Waals surface area contributed by atoms with Gasteiger partial charge in [-0.15, -0.1) is 11.3 Å². The van der Waals surface area contributed by atoms with Crippen molar-refractivity contribution in [3.8, 4) is 28.3 Å². The fourth-order valence-electron chi connectivity index (χ4n) is 10.3. The normalized spacial score (nSPS) is 12.3. The van der Waals surface area contributed by atoms with Gasteiger partial charge in [-0.25, -0.2) is 9.97 Å². The lowest BCUT2D eigenvalue weighted by molar-refractivity contribution is 1.01. The van der Waals surface area contributed by atoms with Gasteiger partial charge < -0.3 is 0 Å². The average Bonchev–Trinajstić information content (AvgIpc) is 3.86. The van der Waals surface area contributed by atoms with Crippen LogP contribution >= 0.6 is 11.3 Å². The first-order valence-electron chi connectivity index (χ1n) is 20.5. The molecule has 0 saturated carbocycles. The van der Waals surface area contributed by atoms with Gasteiger partial charge in [0.2, 0.25) is 5.95 Å². The van der Waals surface area contributed by atoms with E-state index in [-0.39, 0.29) is 0 Å². The lowest BCUT2D eigenvalue weighted by Gasteiger charge is -2.17. The third-order valence-corrected chi connectivity index (χ3v) is 14.0. The van der Waals surface area contributed by atoms with Gasteiger partial charge in [0.1, 0.15) is 0 Å². The predicted molar refractivity (Wildman–Crippen MR) is 256 cm³/mol. The molecule has 0 aliphatic rings. The van der Waals surface area contributed by atoms with E-state index in [4.69, 9.17) is 9.97 Å². The summed E-state index contributed by atoms with van der Waals surface area (Å²) in [7, 11) is 0. The SMILES string of the molecule is c1ccc(-c2ccc3cc(-c4nc(-n5c6ccccc6c6c7cccc8c9cccc%10c%11c(cc(c(cc65)c87)c9%10)sc5ccccc5%11)nc5ccccc45)ccc3c2)cc1. The molecular formula is C56H31N3S. The molecule has 60 heavy (non-hydrogen) atoms. The van der Waals surface area contributed by atoms with E-state index in [9.17, 15) is 0 Å². The summed E-state index contributed by atoms with van der Waals surface area (Å²) < 4.78 is 4.95. The highest BCUT2D eigenvalue weighted by atomic mass is 32.1. The van der Waals surface area contributed by atoms with Crippen molar-refractivity contribution in [2.24, 2.45) is 0 Å². The van der Waals surface area contributed by atoms with Gasteiger partial charge in [-0.2, -0.15) is 0 Å². The standard InChI is InChI=1S/C56H31N3S/c1-2-12-32(13-3-1)33-24-25-35-29-36(27-26-34(35)28-33)55-39-14-4-7-21-46(39)57-56(58-55)59-47-22-8-5-15-40(47)53-42-19-10-17-37-38-18-11-20-43-52(38)45(44(51(37)42)30-48(53)59)31-50-54(43)41-16-6-9-23-49(41)60-50/h1-31H. The Kier molecular flexibility index (Phi) is 6.44. The predicted octanol–water partition coefficient (Wildman–Crippen LogP) is 15.6. The molecule has 0 aliphatic heterocycles. The van der Waals surface area contributed by atoms with E-state index in [1.807, 2.05) is 11.3 Å². The number of hydrogen-bond acceptors (Lipinski definition) is 3. The van der Waals surface area contributed by atoms with E-state index in [0.717, 1.165) is 33.2 Å². The monoisotopic (exact) mass is 777 g/mol. The fourth-order valence-corrected chi connectivity index (χ4v) is 11.5. The van der Waals surface area contributed by atoms with Crippen LogP contribution in [0.2, 0.25) is 0 Å². The van der Waals surface area contributed by atoms with Crippen molar-refractivity contribution in [3.05, 3.63) is 188 Å². The maximum atomic E-state index is 5.55. The Morgan fingerprint density at radius 1 is 0.333 bits per heavy atom. The Morgan fingerprint density at radius 3 is 1.77 bits per heavy atom. The average molecular weight is 778 g/mol. The molecule has 0 N–H and O–H groups in total. The molecule has 3 heterocycles. The molecule has 4 heteroatoms. The van der Waals surface area contributed by atoms with E-state index in [0.29, 0.717) is 5.95 Å². The van der Waals surface area contributed by atoms with Gasteiger partial charge in [0.25, 0.3) is 0 Å². The van der Waals surface area contributed by atoms with Crippen LogP contribution in [-0.2, 0) is 0 Å². The molecule has 0 radical (unpaired) electrons. The zero-order valence-corrected chi connectivity index (χ0v) is 33.0. The van der Waals surface area contributed by atoms with Gasteiger partial charge in [-0.05, 0) is 107 Å². The number of fused-ring (bicyclic) bond motifs is 12. The maximum Gasteiger partial charge on any atom is 0.235 e. The van der Waals surface area contributed by atoms with Crippen LogP contribution in [0.3, 0.4) is 0 Å². The molecule has 0 amide bonds. The summed E-state index contributed by atoms with van der Waals surface area (Å²) in [6, 6.07) is 68.7. The van der Waals surface area contributed by atoms with Crippen LogP contribution in [0, 0.1) is 0 Å². The van der Waals surface area contributed by atoms with Gasteiger partial charge in [0.15, 0.2) is 0 Å². The van der Waals surface area contributed by atoms with Crippen molar-refractivity contribution in [1.82, 2.24) is 14.5 Å². The van der Waals surface area contributed by atoms with Crippen molar-refractivity contribution in [1.29, 1.82) is 0 Å². The van der Waals surface area contributed by atoms with Crippen LogP contribution < -0.4 is 0 Å². The largest absolute Gasteiger partial charge is 0.278 e. The van der Waals surface area contributed by atoms with Crippen LogP contribution in [0.4, 0.5) is 0 Å². The fraction of sp³-hybridized carbons (Fsp3) is 0. The van der Waals surface area contributed by atoms with Crippen LogP contribution in [0.25, 0.3) is 135 Å². The Hall–Kier alpha value is -7.66. The topological polar surface area (TPSA) is 30.7 Å². The second kappa shape index (κ2) is 12.0. The molecule has 0 spiro atoms. The molecule has 3 aromatic heterocycles. The summed E-state index contributed by atoms with van der Waals surface area (Å²) in [4.78, 5) is 10.9. The van der Waals surface area contributed by atoms with Gasteiger partial charge in [0.05, 0.1) is 22.2 Å². The van der Waals surface area contributed by atoms with Crippen LogP contribution in [0.15, 0.2) is 188 Å². The van der Waals surface area contributed by atoms with Crippen molar-refractivity contribution >= 4 is 118 Å². The summed E-state index contributed by atoms with van der Waals surface area (Å²) in [5, 5.41) is 18.8. The zero-order chi connectivity index (χ0) is 39.1. The molecule has 276 valence electrons. The van der Waals surface area contributed by atoms with Gasteiger partial charge in [-0.3, -0.25) is 4.57 Å². The number of rotatable bonds is 3. The lowest BCUT2D eigenvalue weighted by atomic mass is 9.87. The molecule has 14 rings (SSSR count). The highest BCUT2D eigenvalue weighted by Crippen LogP contribution is 2.49. The molecule has 0 unspecified atom stereocenters. The second-order valence-electron chi connectivity index (χ2n) is 16.1. The molecule has 3 nitrogen and oxygen atoms in total.